The van der Waals surface area contributed by atoms with Gasteiger partial charge in [-0.3, -0.25) is 0 Å². The summed E-state index contributed by atoms with van der Waals surface area (Å²) < 4.78 is 11.6. The highest BCUT2D eigenvalue weighted by atomic mass is 16.5. The van der Waals surface area contributed by atoms with E-state index in [4.69, 9.17) is 15.2 Å². The molecule has 2 aromatic carbocycles. The van der Waals surface area contributed by atoms with Crippen LogP contribution in [0.5, 0.6) is 0 Å². The molecular formula is C24H25N7O2. The Labute approximate surface area is 192 Å². The summed E-state index contributed by atoms with van der Waals surface area (Å²) >= 11 is 0. The Hall–Kier alpha value is -3.98. The van der Waals surface area contributed by atoms with Crippen LogP contribution in [0.1, 0.15) is 22.8 Å². The highest BCUT2D eigenvalue weighted by molar-refractivity contribution is 5.88. The standard InChI is InChI=1S/C24H25N7O2/c1-16-7-9-18(10-8-16)20-15-19(17-5-3-2-4-6-17)26-24(33-20)30-22-27-21(25)28-23(29-22)31-11-13-32-14-12-31/h2-10,15,20H,11-14H2,1H3,(H3,25,26,27,28,29,30). The molecule has 9 heteroatoms. The number of aryl methyl sites for hydroxylation is 1. The molecule has 5 rings (SSSR count). The van der Waals surface area contributed by atoms with Crippen LogP contribution in [0.15, 0.2) is 65.7 Å². The minimum Gasteiger partial charge on any atom is -0.452 e. The van der Waals surface area contributed by atoms with Crippen LogP contribution in [-0.2, 0) is 9.47 Å². The second kappa shape index (κ2) is 9.25. The summed E-state index contributed by atoms with van der Waals surface area (Å²) in [6.45, 7) is 4.66. The van der Waals surface area contributed by atoms with Gasteiger partial charge in [0, 0.05) is 18.8 Å². The van der Waals surface area contributed by atoms with Gasteiger partial charge in [0.05, 0.1) is 13.2 Å². The van der Waals surface area contributed by atoms with Gasteiger partial charge in [0.2, 0.25) is 11.9 Å². The fraction of sp³-hybridized carbons (Fsp3) is 0.250. The van der Waals surface area contributed by atoms with Gasteiger partial charge in [0.15, 0.2) is 0 Å². The molecule has 1 atom stereocenters. The highest BCUT2D eigenvalue weighted by Gasteiger charge is 2.23. The van der Waals surface area contributed by atoms with E-state index in [-0.39, 0.29) is 18.0 Å². The van der Waals surface area contributed by atoms with E-state index in [1.54, 1.807) is 0 Å². The number of hydrogen-bond donors (Lipinski definition) is 2. The molecule has 2 aliphatic rings. The molecule has 1 saturated heterocycles. The van der Waals surface area contributed by atoms with E-state index < -0.39 is 0 Å². The fourth-order valence-corrected chi connectivity index (χ4v) is 3.67. The molecule has 0 saturated carbocycles. The predicted octanol–water partition coefficient (Wildman–Crippen LogP) is 2.99. The number of benzene rings is 2. The number of nitrogens with two attached hydrogens (primary N) is 1. The summed E-state index contributed by atoms with van der Waals surface area (Å²) in [7, 11) is 0. The zero-order valence-corrected chi connectivity index (χ0v) is 18.3. The molecule has 0 amide bonds. The molecule has 1 aromatic heterocycles. The smallest absolute Gasteiger partial charge is 0.298 e. The van der Waals surface area contributed by atoms with E-state index in [1.165, 1.54) is 5.56 Å². The van der Waals surface area contributed by atoms with E-state index in [0.29, 0.717) is 38.3 Å². The predicted molar refractivity (Wildman–Crippen MR) is 127 cm³/mol. The van der Waals surface area contributed by atoms with Gasteiger partial charge in [0.25, 0.3) is 12.0 Å². The van der Waals surface area contributed by atoms with E-state index >= 15 is 0 Å². The van der Waals surface area contributed by atoms with Crippen molar-refractivity contribution in [2.24, 2.45) is 4.99 Å². The fourth-order valence-electron chi connectivity index (χ4n) is 3.67. The molecule has 0 radical (unpaired) electrons. The van der Waals surface area contributed by atoms with E-state index in [1.807, 2.05) is 41.3 Å². The lowest BCUT2D eigenvalue weighted by atomic mass is 10.0. The second-order valence-corrected chi connectivity index (χ2v) is 7.83. The summed E-state index contributed by atoms with van der Waals surface area (Å²) in [4.78, 5) is 19.5. The number of anilines is 2. The normalized spacial score (nSPS) is 19.5. The first-order valence-electron chi connectivity index (χ1n) is 10.8. The molecular weight excluding hydrogens is 418 g/mol. The number of amidine groups is 1. The Morgan fingerprint density at radius 1 is 1.00 bits per heavy atom. The second-order valence-electron chi connectivity index (χ2n) is 7.83. The molecule has 0 aliphatic carbocycles. The molecule has 168 valence electrons. The molecule has 33 heavy (non-hydrogen) atoms. The summed E-state index contributed by atoms with van der Waals surface area (Å²) in [5.41, 5.74) is 10.1. The van der Waals surface area contributed by atoms with Crippen LogP contribution in [0.4, 0.5) is 17.8 Å². The van der Waals surface area contributed by atoms with Gasteiger partial charge in [-0.15, -0.1) is 0 Å². The van der Waals surface area contributed by atoms with Crippen molar-refractivity contribution in [3.8, 4) is 0 Å². The topological polar surface area (TPSA) is 111 Å². The Kier molecular flexibility index (Phi) is 5.86. The summed E-state index contributed by atoms with van der Waals surface area (Å²) in [6, 6.07) is 18.6. The number of nitrogen functional groups attached to an aromatic ring is 1. The Bertz CT molecular complexity index is 1170. The number of aliphatic imine (C=N–C) groups is 1. The van der Waals surface area contributed by atoms with Crippen molar-refractivity contribution in [3.05, 3.63) is 77.4 Å². The molecule has 0 spiro atoms. The zero-order chi connectivity index (χ0) is 22.6. The molecule has 3 N–H and O–H groups in total. The van der Waals surface area contributed by atoms with Crippen LogP contribution in [0.2, 0.25) is 0 Å². The minimum absolute atomic E-state index is 0.107. The summed E-state index contributed by atoms with van der Waals surface area (Å²) in [5.74, 6) is 0.772. The van der Waals surface area contributed by atoms with Crippen molar-refractivity contribution in [2.75, 3.05) is 36.9 Å². The van der Waals surface area contributed by atoms with Crippen molar-refractivity contribution >= 4 is 29.6 Å². The number of nitrogens with one attached hydrogen (secondary N) is 1. The Morgan fingerprint density at radius 2 is 1.76 bits per heavy atom. The third kappa shape index (κ3) is 4.93. The van der Waals surface area contributed by atoms with Crippen molar-refractivity contribution in [1.82, 2.24) is 20.3 Å². The van der Waals surface area contributed by atoms with Crippen LogP contribution in [0.25, 0.3) is 5.70 Å². The van der Waals surface area contributed by atoms with Crippen molar-refractivity contribution in [1.29, 1.82) is 0 Å². The largest absolute Gasteiger partial charge is 0.452 e. The Morgan fingerprint density at radius 3 is 2.52 bits per heavy atom. The first-order valence-corrected chi connectivity index (χ1v) is 10.8. The van der Waals surface area contributed by atoms with Gasteiger partial charge in [-0.1, -0.05) is 60.2 Å². The van der Waals surface area contributed by atoms with Crippen LogP contribution in [-0.4, -0.2) is 47.3 Å². The van der Waals surface area contributed by atoms with E-state index in [0.717, 1.165) is 16.8 Å². The lowest BCUT2D eigenvalue weighted by Gasteiger charge is -2.27. The molecule has 1 unspecified atom stereocenters. The number of nitrogens with zero attached hydrogens (tertiary/aromatic N) is 5. The number of rotatable bonds is 4. The molecule has 3 aromatic rings. The van der Waals surface area contributed by atoms with Gasteiger partial charge < -0.3 is 25.4 Å². The number of hydrogen-bond acceptors (Lipinski definition) is 8. The van der Waals surface area contributed by atoms with Gasteiger partial charge >= 0.3 is 0 Å². The van der Waals surface area contributed by atoms with Crippen LogP contribution < -0.4 is 16.0 Å². The average Bonchev–Trinajstić information content (AvgIpc) is 2.85. The van der Waals surface area contributed by atoms with Gasteiger partial charge in [0.1, 0.15) is 6.10 Å². The molecule has 2 aliphatic heterocycles. The first-order chi connectivity index (χ1) is 16.1. The van der Waals surface area contributed by atoms with Crippen LogP contribution >= 0.6 is 0 Å². The molecule has 9 nitrogen and oxygen atoms in total. The zero-order valence-electron chi connectivity index (χ0n) is 18.3. The first kappa shape index (κ1) is 20.9. The third-order valence-corrected chi connectivity index (χ3v) is 5.41. The lowest BCUT2D eigenvalue weighted by molar-refractivity contribution is 0.122. The maximum atomic E-state index is 6.18. The number of ether oxygens (including phenoxy) is 2. The van der Waals surface area contributed by atoms with E-state index in [2.05, 4.69) is 56.5 Å². The molecule has 0 bridgehead atoms. The number of aromatic nitrogens is 3. The monoisotopic (exact) mass is 443 g/mol. The lowest BCUT2D eigenvalue weighted by Crippen LogP contribution is -2.37. The van der Waals surface area contributed by atoms with Gasteiger partial charge in [-0.2, -0.15) is 19.9 Å². The summed E-state index contributed by atoms with van der Waals surface area (Å²) in [5, 5.41) is 3.26. The quantitative estimate of drug-likeness (QED) is 0.633. The maximum Gasteiger partial charge on any atom is 0.298 e. The van der Waals surface area contributed by atoms with Crippen molar-refractivity contribution in [2.45, 2.75) is 13.0 Å². The van der Waals surface area contributed by atoms with Crippen LogP contribution in [0.3, 0.4) is 0 Å². The SMILES string of the molecule is Cc1ccc(C2C=C(c3ccccc3)N/C(=N\c3nc(N)nc(N4CCOCC4)n3)O2)cc1. The minimum atomic E-state index is -0.321. The summed E-state index contributed by atoms with van der Waals surface area (Å²) in [6.07, 6.45) is 1.72. The van der Waals surface area contributed by atoms with Crippen LogP contribution in [0, 0.1) is 6.92 Å². The molecule has 3 heterocycles. The van der Waals surface area contributed by atoms with Gasteiger partial charge in [-0.05, 0) is 24.1 Å². The highest BCUT2D eigenvalue weighted by Crippen LogP contribution is 2.28. The third-order valence-electron chi connectivity index (χ3n) is 5.41. The van der Waals surface area contributed by atoms with Crippen molar-refractivity contribution in [3.63, 3.8) is 0 Å². The molecule has 1 fully saturated rings. The average molecular weight is 444 g/mol. The maximum absolute atomic E-state index is 6.18. The Balaban J connectivity index is 1.49. The van der Waals surface area contributed by atoms with Crippen molar-refractivity contribution < 1.29 is 9.47 Å². The van der Waals surface area contributed by atoms with E-state index in [9.17, 15) is 0 Å². The number of morpholine rings is 1. The van der Waals surface area contributed by atoms with Gasteiger partial charge in [-0.25, -0.2) is 0 Å².